The van der Waals surface area contributed by atoms with E-state index in [1.165, 1.54) is 16.7 Å². The molecule has 0 aliphatic carbocycles. The molecule has 0 spiro atoms. The van der Waals surface area contributed by atoms with Gasteiger partial charge in [0.2, 0.25) is 0 Å². The number of nitrogens with one attached hydrogen (secondary N) is 1. The summed E-state index contributed by atoms with van der Waals surface area (Å²) < 4.78 is 1.14. The molecule has 2 aromatic carbocycles. The Morgan fingerprint density at radius 1 is 1.10 bits per heavy atom. The maximum Gasteiger partial charge on any atom is 0.0268 e. The van der Waals surface area contributed by atoms with E-state index in [-0.39, 0.29) is 0 Å². The molecule has 1 atom stereocenters. The lowest BCUT2D eigenvalue weighted by molar-refractivity contribution is 0.161. The van der Waals surface area contributed by atoms with Gasteiger partial charge in [-0.2, -0.15) is 0 Å². The van der Waals surface area contributed by atoms with Gasteiger partial charge in [0.1, 0.15) is 0 Å². The van der Waals surface area contributed by atoms with Crippen LogP contribution in [0.1, 0.15) is 16.7 Å². The smallest absolute Gasteiger partial charge is 0.0268 e. The van der Waals surface area contributed by atoms with Crippen molar-refractivity contribution in [3.8, 4) is 0 Å². The Morgan fingerprint density at radius 2 is 1.81 bits per heavy atom. The van der Waals surface area contributed by atoms with E-state index in [2.05, 4.69) is 74.7 Å². The van der Waals surface area contributed by atoms with Gasteiger partial charge in [0.05, 0.1) is 0 Å². The summed E-state index contributed by atoms with van der Waals surface area (Å²) >= 11 is 3.51. The van der Waals surface area contributed by atoms with Gasteiger partial charge >= 0.3 is 0 Å². The van der Waals surface area contributed by atoms with Crippen LogP contribution in [0.25, 0.3) is 0 Å². The van der Waals surface area contributed by atoms with Crippen LogP contribution in [-0.4, -0.2) is 24.5 Å². The molecule has 3 heteroatoms. The van der Waals surface area contributed by atoms with E-state index in [0.29, 0.717) is 6.04 Å². The molecule has 110 valence electrons. The lowest BCUT2D eigenvalue weighted by atomic mass is 9.93. The summed E-state index contributed by atoms with van der Waals surface area (Å²) in [5, 5.41) is 3.34. The van der Waals surface area contributed by atoms with Gasteiger partial charge in [-0.05, 0) is 42.3 Å². The molecule has 1 N–H and O–H groups in total. The Kier molecular flexibility index (Phi) is 4.73. The summed E-state index contributed by atoms with van der Waals surface area (Å²) in [5.74, 6) is 0. The van der Waals surface area contributed by atoms with Gasteiger partial charge < -0.3 is 5.32 Å². The highest BCUT2D eigenvalue weighted by atomic mass is 79.9. The predicted molar refractivity (Wildman–Crippen MR) is 91.2 cm³/mol. The second-order valence-corrected chi connectivity index (χ2v) is 6.63. The first-order chi connectivity index (χ1) is 10.3. The summed E-state index contributed by atoms with van der Waals surface area (Å²) in [6.07, 6.45) is 1.13. The number of likely N-dealkylation sites (N-methyl/N-ethyl adjacent to an activating group) is 1. The number of halogens is 1. The van der Waals surface area contributed by atoms with Crippen LogP contribution in [0.5, 0.6) is 0 Å². The van der Waals surface area contributed by atoms with E-state index in [9.17, 15) is 0 Å². The highest BCUT2D eigenvalue weighted by molar-refractivity contribution is 9.10. The number of fused-ring (bicyclic) bond motifs is 1. The van der Waals surface area contributed by atoms with Crippen LogP contribution in [0.15, 0.2) is 53.0 Å². The third-order valence-corrected chi connectivity index (χ3v) is 4.73. The first kappa shape index (κ1) is 14.8. The van der Waals surface area contributed by atoms with Crippen molar-refractivity contribution in [2.75, 3.05) is 13.6 Å². The van der Waals surface area contributed by atoms with Crippen LogP contribution in [0.4, 0.5) is 0 Å². The maximum absolute atomic E-state index is 3.51. The minimum Gasteiger partial charge on any atom is -0.318 e. The molecule has 21 heavy (non-hydrogen) atoms. The molecule has 1 aliphatic rings. The topological polar surface area (TPSA) is 15.3 Å². The highest BCUT2D eigenvalue weighted by Gasteiger charge is 2.25. The summed E-state index contributed by atoms with van der Waals surface area (Å²) in [7, 11) is 2.04. The Labute approximate surface area is 135 Å². The molecule has 3 rings (SSSR count). The van der Waals surface area contributed by atoms with Crippen molar-refractivity contribution in [1.29, 1.82) is 0 Å². The molecule has 0 amide bonds. The molecule has 0 fully saturated rings. The second-order valence-electron chi connectivity index (χ2n) is 5.72. The SMILES string of the molecule is CNCC1Cc2ccccc2CN1Cc1ccc(Br)cc1. The molecular formula is C18H21BrN2. The van der Waals surface area contributed by atoms with Crippen LogP contribution in [-0.2, 0) is 19.5 Å². The number of nitrogens with zero attached hydrogens (tertiary/aromatic N) is 1. The van der Waals surface area contributed by atoms with Crippen molar-refractivity contribution in [2.45, 2.75) is 25.6 Å². The lowest BCUT2D eigenvalue weighted by Crippen LogP contribution is -2.45. The molecule has 2 nitrogen and oxygen atoms in total. The minimum absolute atomic E-state index is 0.563. The normalized spacial score (nSPS) is 18.5. The van der Waals surface area contributed by atoms with Gasteiger partial charge in [-0.1, -0.05) is 52.3 Å². The monoisotopic (exact) mass is 344 g/mol. The van der Waals surface area contributed by atoms with E-state index in [0.717, 1.165) is 30.5 Å². The molecular weight excluding hydrogens is 324 g/mol. The minimum atomic E-state index is 0.563. The standard InChI is InChI=1S/C18H21BrN2/c1-20-11-18-10-15-4-2-3-5-16(15)13-21(18)12-14-6-8-17(19)9-7-14/h2-9,18,20H,10-13H2,1H3. The van der Waals surface area contributed by atoms with E-state index in [1.54, 1.807) is 0 Å². The Balaban J connectivity index is 1.80. The molecule has 0 bridgehead atoms. The summed E-state index contributed by atoms with van der Waals surface area (Å²) in [4.78, 5) is 2.59. The Hall–Kier alpha value is -1.16. The average molecular weight is 345 g/mol. The summed E-state index contributed by atoms with van der Waals surface area (Å²) in [6.45, 7) is 3.08. The summed E-state index contributed by atoms with van der Waals surface area (Å²) in [6, 6.07) is 18.1. The zero-order valence-electron chi connectivity index (χ0n) is 12.3. The van der Waals surface area contributed by atoms with Crippen molar-refractivity contribution in [3.05, 3.63) is 69.7 Å². The van der Waals surface area contributed by atoms with Crippen LogP contribution in [0.2, 0.25) is 0 Å². The van der Waals surface area contributed by atoms with Crippen LogP contribution >= 0.6 is 15.9 Å². The maximum atomic E-state index is 3.51. The van der Waals surface area contributed by atoms with Crippen molar-refractivity contribution < 1.29 is 0 Å². The van der Waals surface area contributed by atoms with Crippen LogP contribution in [0.3, 0.4) is 0 Å². The predicted octanol–water partition coefficient (Wildman–Crippen LogP) is 3.60. The number of benzene rings is 2. The van der Waals surface area contributed by atoms with Gasteiger partial charge in [-0.15, -0.1) is 0 Å². The molecule has 2 aromatic rings. The molecule has 0 saturated carbocycles. The van der Waals surface area contributed by atoms with Gasteiger partial charge in [0.15, 0.2) is 0 Å². The summed E-state index contributed by atoms with van der Waals surface area (Å²) in [5.41, 5.74) is 4.35. The first-order valence-corrected chi connectivity index (χ1v) is 8.25. The van der Waals surface area contributed by atoms with E-state index in [1.807, 2.05) is 7.05 Å². The average Bonchev–Trinajstić information content (AvgIpc) is 2.50. The largest absolute Gasteiger partial charge is 0.318 e. The van der Waals surface area contributed by atoms with Gasteiger partial charge in [-0.25, -0.2) is 0 Å². The lowest BCUT2D eigenvalue weighted by Gasteiger charge is -2.37. The van der Waals surface area contributed by atoms with E-state index < -0.39 is 0 Å². The van der Waals surface area contributed by atoms with Crippen molar-refractivity contribution in [3.63, 3.8) is 0 Å². The van der Waals surface area contributed by atoms with E-state index >= 15 is 0 Å². The van der Waals surface area contributed by atoms with Crippen molar-refractivity contribution in [1.82, 2.24) is 10.2 Å². The zero-order chi connectivity index (χ0) is 14.7. The molecule has 1 aliphatic heterocycles. The molecule has 1 heterocycles. The quantitative estimate of drug-likeness (QED) is 0.911. The second kappa shape index (κ2) is 6.73. The molecule has 0 aromatic heterocycles. The van der Waals surface area contributed by atoms with Crippen LogP contribution in [0, 0.1) is 0 Å². The number of hydrogen-bond acceptors (Lipinski definition) is 2. The highest BCUT2D eigenvalue weighted by Crippen LogP contribution is 2.25. The molecule has 1 unspecified atom stereocenters. The zero-order valence-corrected chi connectivity index (χ0v) is 13.9. The van der Waals surface area contributed by atoms with Gasteiger partial charge in [-0.3, -0.25) is 4.90 Å². The fraction of sp³-hybridized carbons (Fsp3) is 0.333. The fourth-order valence-electron chi connectivity index (χ4n) is 3.09. The third-order valence-electron chi connectivity index (χ3n) is 4.20. The molecule has 0 saturated heterocycles. The van der Waals surface area contributed by atoms with E-state index in [4.69, 9.17) is 0 Å². The number of rotatable bonds is 4. The first-order valence-electron chi connectivity index (χ1n) is 7.46. The van der Waals surface area contributed by atoms with Crippen LogP contribution < -0.4 is 5.32 Å². The Bertz CT molecular complexity index is 594. The van der Waals surface area contributed by atoms with Gasteiger partial charge in [0, 0.05) is 30.1 Å². The van der Waals surface area contributed by atoms with Crippen molar-refractivity contribution in [2.24, 2.45) is 0 Å². The molecule has 0 radical (unpaired) electrons. The third kappa shape index (κ3) is 3.54. The van der Waals surface area contributed by atoms with Gasteiger partial charge in [0.25, 0.3) is 0 Å². The number of hydrogen-bond donors (Lipinski definition) is 1. The van der Waals surface area contributed by atoms with Crippen molar-refractivity contribution >= 4 is 15.9 Å². The Morgan fingerprint density at radius 3 is 2.52 bits per heavy atom. The fourth-order valence-corrected chi connectivity index (χ4v) is 3.35.